The van der Waals surface area contributed by atoms with Crippen LogP contribution in [0.25, 0.3) is 0 Å². The fraction of sp³-hybridized carbons (Fsp3) is 0.562. The standard InChI is InChI=1S/C16H24N6O2/c1-11-14(12(2)24-20-11)8-18-16(17-3)22-5-6-23-15(10-22)13-7-19-21(4)9-13/h7,9,15H,5-6,8,10H2,1-4H3,(H,17,18). The van der Waals surface area contributed by atoms with Crippen LogP contribution in [-0.2, 0) is 18.3 Å². The molecule has 0 saturated carbocycles. The summed E-state index contributed by atoms with van der Waals surface area (Å²) in [6.07, 6.45) is 3.85. The molecular weight excluding hydrogens is 308 g/mol. The maximum atomic E-state index is 5.89. The van der Waals surface area contributed by atoms with E-state index in [1.54, 1.807) is 11.7 Å². The molecule has 2 aromatic rings. The average molecular weight is 332 g/mol. The molecule has 0 amide bonds. The first kappa shape index (κ1) is 16.5. The Labute approximate surface area is 141 Å². The van der Waals surface area contributed by atoms with E-state index in [0.717, 1.165) is 41.6 Å². The van der Waals surface area contributed by atoms with Crippen molar-refractivity contribution in [1.29, 1.82) is 0 Å². The van der Waals surface area contributed by atoms with Crippen molar-refractivity contribution in [1.82, 2.24) is 25.2 Å². The molecule has 1 N–H and O–H groups in total. The summed E-state index contributed by atoms with van der Waals surface area (Å²) in [5.41, 5.74) is 3.07. The fourth-order valence-electron chi connectivity index (χ4n) is 2.90. The quantitative estimate of drug-likeness (QED) is 0.671. The second-order valence-electron chi connectivity index (χ2n) is 5.96. The van der Waals surface area contributed by atoms with Crippen LogP contribution in [0.5, 0.6) is 0 Å². The summed E-state index contributed by atoms with van der Waals surface area (Å²) in [5.74, 6) is 1.69. The van der Waals surface area contributed by atoms with Crippen LogP contribution in [-0.4, -0.2) is 52.5 Å². The van der Waals surface area contributed by atoms with Gasteiger partial charge in [-0.05, 0) is 13.8 Å². The van der Waals surface area contributed by atoms with Crippen LogP contribution in [0, 0.1) is 13.8 Å². The third-order valence-electron chi connectivity index (χ3n) is 4.28. The number of aryl methyl sites for hydroxylation is 3. The van der Waals surface area contributed by atoms with Crippen molar-refractivity contribution < 1.29 is 9.26 Å². The zero-order chi connectivity index (χ0) is 17.1. The van der Waals surface area contributed by atoms with Gasteiger partial charge in [-0.2, -0.15) is 5.10 Å². The molecule has 3 rings (SSSR count). The van der Waals surface area contributed by atoms with Gasteiger partial charge < -0.3 is 19.5 Å². The molecule has 8 heteroatoms. The van der Waals surface area contributed by atoms with E-state index >= 15 is 0 Å². The largest absolute Gasteiger partial charge is 0.370 e. The highest BCUT2D eigenvalue weighted by molar-refractivity contribution is 5.80. The molecule has 1 aliphatic heterocycles. The molecule has 0 spiro atoms. The smallest absolute Gasteiger partial charge is 0.194 e. The van der Waals surface area contributed by atoms with Crippen molar-refractivity contribution in [2.24, 2.45) is 12.0 Å². The maximum absolute atomic E-state index is 5.89. The number of aliphatic imine (C=N–C) groups is 1. The number of rotatable bonds is 3. The molecule has 1 unspecified atom stereocenters. The van der Waals surface area contributed by atoms with Crippen LogP contribution in [0.3, 0.4) is 0 Å². The van der Waals surface area contributed by atoms with E-state index in [4.69, 9.17) is 9.26 Å². The summed E-state index contributed by atoms with van der Waals surface area (Å²) in [6, 6.07) is 0. The second kappa shape index (κ2) is 7.04. The van der Waals surface area contributed by atoms with Gasteiger partial charge in [0.05, 0.1) is 25.0 Å². The molecule has 8 nitrogen and oxygen atoms in total. The van der Waals surface area contributed by atoms with Gasteiger partial charge in [-0.25, -0.2) is 0 Å². The third kappa shape index (κ3) is 3.43. The summed E-state index contributed by atoms with van der Waals surface area (Å²) < 4.78 is 12.9. The predicted molar refractivity (Wildman–Crippen MR) is 89.6 cm³/mol. The first-order valence-electron chi connectivity index (χ1n) is 8.06. The lowest BCUT2D eigenvalue weighted by Crippen LogP contribution is -2.48. The van der Waals surface area contributed by atoms with Crippen molar-refractivity contribution >= 4 is 5.96 Å². The molecule has 0 radical (unpaired) electrons. The number of nitrogens with zero attached hydrogens (tertiary/aromatic N) is 5. The van der Waals surface area contributed by atoms with E-state index < -0.39 is 0 Å². The molecule has 24 heavy (non-hydrogen) atoms. The molecule has 1 fully saturated rings. The van der Waals surface area contributed by atoms with Gasteiger partial charge >= 0.3 is 0 Å². The Hall–Kier alpha value is -2.35. The van der Waals surface area contributed by atoms with Gasteiger partial charge in [0.15, 0.2) is 5.96 Å². The molecule has 1 aliphatic rings. The highest BCUT2D eigenvalue weighted by Crippen LogP contribution is 2.21. The van der Waals surface area contributed by atoms with E-state index in [-0.39, 0.29) is 6.10 Å². The molecule has 130 valence electrons. The lowest BCUT2D eigenvalue weighted by molar-refractivity contribution is -0.00805. The summed E-state index contributed by atoms with van der Waals surface area (Å²) in [6.45, 7) is 6.72. The molecule has 1 saturated heterocycles. The monoisotopic (exact) mass is 332 g/mol. The van der Waals surface area contributed by atoms with E-state index in [2.05, 4.69) is 25.5 Å². The van der Waals surface area contributed by atoms with Crippen molar-refractivity contribution in [3.63, 3.8) is 0 Å². The number of guanidine groups is 1. The minimum Gasteiger partial charge on any atom is -0.370 e. The van der Waals surface area contributed by atoms with Gasteiger partial charge in [0, 0.05) is 44.5 Å². The summed E-state index contributed by atoms with van der Waals surface area (Å²) >= 11 is 0. The summed E-state index contributed by atoms with van der Waals surface area (Å²) in [4.78, 5) is 6.62. The Morgan fingerprint density at radius 3 is 2.92 bits per heavy atom. The zero-order valence-corrected chi connectivity index (χ0v) is 14.6. The van der Waals surface area contributed by atoms with Crippen molar-refractivity contribution in [2.45, 2.75) is 26.5 Å². The molecule has 1 atom stereocenters. The zero-order valence-electron chi connectivity index (χ0n) is 14.6. The highest BCUT2D eigenvalue weighted by Gasteiger charge is 2.25. The maximum Gasteiger partial charge on any atom is 0.194 e. The highest BCUT2D eigenvalue weighted by atomic mass is 16.5. The Bertz CT molecular complexity index is 700. The van der Waals surface area contributed by atoms with E-state index in [1.165, 1.54) is 0 Å². The number of aromatic nitrogens is 3. The van der Waals surface area contributed by atoms with Crippen LogP contribution in [0.2, 0.25) is 0 Å². The molecule has 0 aliphatic carbocycles. The topological polar surface area (TPSA) is 80.7 Å². The van der Waals surface area contributed by atoms with Crippen LogP contribution in [0.1, 0.15) is 28.7 Å². The van der Waals surface area contributed by atoms with Gasteiger partial charge in [0.25, 0.3) is 0 Å². The molecule has 0 aromatic carbocycles. The molecule has 3 heterocycles. The lowest BCUT2D eigenvalue weighted by Gasteiger charge is -2.34. The number of hydrogen-bond acceptors (Lipinski definition) is 5. The van der Waals surface area contributed by atoms with Gasteiger partial charge in [-0.3, -0.25) is 9.67 Å². The molecule has 0 bridgehead atoms. The first-order valence-corrected chi connectivity index (χ1v) is 8.06. The Morgan fingerprint density at radius 2 is 2.29 bits per heavy atom. The summed E-state index contributed by atoms with van der Waals surface area (Å²) in [7, 11) is 3.71. The van der Waals surface area contributed by atoms with Crippen molar-refractivity contribution in [3.8, 4) is 0 Å². The van der Waals surface area contributed by atoms with Crippen molar-refractivity contribution in [3.05, 3.63) is 35.0 Å². The van der Waals surface area contributed by atoms with Gasteiger partial charge in [-0.15, -0.1) is 0 Å². The SMILES string of the molecule is CN=C(NCc1c(C)noc1C)N1CCOC(c2cnn(C)c2)C1. The fourth-order valence-corrected chi connectivity index (χ4v) is 2.90. The van der Waals surface area contributed by atoms with Crippen LogP contribution in [0.4, 0.5) is 0 Å². The number of hydrogen-bond donors (Lipinski definition) is 1. The van der Waals surface area contributed by atoms with Gasteiger partial charge in [0.1, 0.15) is 11.9 Å². The first-order chi connectivity index (χ1) is 11.6. The Morgan fingerprint density at radius 1 is 1.46 bits per heavy atom. The van der Waals surface area contributed by atoms with E-state index in [1.807, 2.05) is 33.3 Å². The molecular formula is C16H24N6O2. The average Bonchev–Trinajstić information content (AvgIpc) is 3.15. The minimum atomic E-state index is 0.00469. The van der Waals surface area contributed by atoms with Crippen LogP contribution < -0.4 is 5.32 Å². The van der Waals surface area contributed by atoms with Gasteiger partial charge in [0.2, 0.25) is 0 Å². The Balaban J connectivity index is 1.65. The van der Waals surface area contributed by atoms with Crippen molar-refractivity contribution in [2.75, 3.05) is 26.7 Å². The third-order valence-corrected chi connectivity index (χ3v) is 4.28. The number of nitrogens with one attached hydrogen (secondary N) is 1. The van der Waals surface area contributed by atoms with E-state index in [0.29, 0.717) is 13.2 Å². The van der Waals surface area contributed by atoms with E-state index in [9.17, 15) is 0 Å². The lowest BCUT2D eigenvalue weighted by atomic mass is 10.1. The van der Waals surface area contributed by atoms with Crippen LogP contribution in [0.15, 0.2) is 21.9 Å². The number of ether oxygens (including phenoxy) is 1. The number of morpholine rings is 1. The Kier molecular flexibility index (Phi) is 4.84. The normalized spacial score (nSPS) is 18.9. The summed E-state index contributed by atoms with van der Waals surface area (Å²) in [5, 5.41) is 11.6. The van der Waals surface area contributed by atoms with Gasteiger partial charge in [-0.1, -0.05) is 5.16 Å². The predicted octanol–water partition coefficient (Wildman–Crippen LogP) is 1.17. The van der Waals surface area contributed by atoms with Crippen LogP contribution >= 0.6 is 0 Å². The second-order valence-corrected chi connectivity index (χ2v) is 5.96. The molecule has 2 aromatic heterocycles. The minimum absolute atomic E-state index is 0.00469.